The lowest BCUT2D eigenvalue weighted by atomic mass is 10.1. The predicted octanol–water partition coefficient (Wildman–Crippen LogP) is 1.31. The van der Waals surface area contributed by atoms with Crippen molar-refractivity contribution in [2.24, 2.45) is 5.73 Å². The van der Waals surface area contributed by atoms with Crippen LogP contribution in [0.1, 0.15) is 25.3 Å². The maximum atomic E-state index is 11.5. The average molecular weight is 246 g/mol. The fraction of sp³-hybridized carbons (Fsp3) is 0.385. The SMILES string of the molecule is CC(N)CCC(=O)NCc1ccc2nc[nH]c2c1. The molecule has 1 aromatic carbocycles. The van der Waals surface area contributed by atoms with Crippen LogP contribution in [0, 0.1) is 0 Å². The number of carbonyl (C=O) groups excluding carboxylic acids is 1. The molecule has 2 aromatic rings. The van der Waals surface area contributed by atoms with Crippen molar-refractivity contribution < 1.29 is 4.79 Å². The van der Waals surface area contributed by atoms with Gasteiger partial charge in [-0.05, 0) is 31.0 Å². The van der Waals surface area contributed by atoms with Crippen molar-refractivity contribution in [2.45, 2.75) is 32.4 Å². The Morgan fingerprint density at radius 3 is 3.17 bits per heavy atom. The van der Waals surface area contributed by atoms with Gasteiger partial charge < -0.3 is 16.0 Å². The van der Waals surface area contributed by atoms with Gasteiger partial charge in [0.25, 0.3) is 0 Å². The average Bonchev–Trinajstić information content (AvgIpc) is 2.81. The van der Waals surface area contributed by atoms with Gasteiger partial charge in [0, 0.05) is 19.0 Å². The van der Waals surface area contributed by atoms with Crippen LogP contribution in [0.5, 0.6) is 0 Å². The van der Waals surface area contributed by atoms with Crippen LogP contribution in [0.25, 0.3) is 11.0 Å². The highest BCUT2D eigenvalue weighted by Gasteiger charge is 2.04. The molecule has 18 heavy (non-hydrogen) atoms. The van der Waals surface area contributed by atoms with E-state index in [1.165, 1.54) is 0 Å². The first-order valence-electron chi connectivity index (χ1n) is 6.09. The monoisotopic (exact) mass is 246 g/mol. The zero-order chi connectivity index (χ0) is 13.0. The third-order valence-electron chi connectivity index (χ3n) is 2.80. The van der Waals surface area contributed by atoms with Crippen LogP contribution >= 0.6 is 0 Å². The predicted molar refractivity (Wildman–Crippen MR) is 70.8 cm³/mol. The number of carbonyl (C=O) groups is 1. The fourth-order valence-electron chi connectivity index (χ4n) is 1.74. The molecule has 0 saturated carbocycles. The number of nitrogens with one attached hydrogen (secondary N) is 2. The van der Waals surface area contributed by atoms with E-state index in [0.717, 1.165) is 16.6 Å². The summed E-state index contributed by atoms with van der Waals surface area (Å²) in [4.78, 5) is 18.7. The topological polar surface area (TPSA) is 83.8 Å². The van der Waals surface area contributed by atoms with E-state index in [1.807, 2.05) is 25.1 Å². The van der Waals surface area contributed by atoms with E-state index >= 15 is 0 Å². The van der Waals surface area contributed by atoms with Crippen molar-refractivity contribution in [3.05, 3.63) is 30.1 Å². The van der Waals surface area contributed by atoms with Gasteiger partial charge in [0.15, 0.2) is 0 Å². The van der Waals surface area contributed by atoms with Crippen LogP contribution in [0.4, 0.5) is 0 Å². The number of benzene rings is 1. The second kappa shape index (κ2) is 5.64. The molecule has 4 N–H and O–H groups in total. The number of nitrogens with zero attached hydrogens (tertiary/aromatic N) is 1. The highest BCUT2D eigenvalue weighted by Crippen LogP contribution is 2.11. The van der Waals surface area contributed by atoms with E-state index in [2.05, 4.69) is 15.3 Å². The van der Waals surface area contributed by atoms with Crippen molar-refractivity contribution >= 4 is 16.9 Å². The van der Waals surface area contributed by atoms with Crippen molar-refractivity contribution in [3.8, 4) is 0 Å². The Kier molecular flexibility index (Phi) is 3.94. The van der Waals surface area contributed by atoms with Crippen molar-refractivity contribution in [1.82, 2.24) is 15.3 Å². The number of imidazole rings is 1. The quantitative estimate of drug-likeness (QED) is 0.743. The standard InChI is InChI=1S/C13H18N4O/c1-9(14)2-5-13(18)15-7-10-3-4-11-12(6-10)17-8-16-11/h3-4,6,8-9H,2,5,7,14H2,1H3,(H,15,18)(H,16,17). The summed E-state index contributed by atoms with van der Waals surface area (Å²) in [5, 5.41) is 2.88. The van der Waals surface area contributed by atoms with E-state index in [0.29, 0.717) is 19.4 Å². The molecule has 0 spiro atoms. The Hall–Kier alpha value is -1.88. The normalized spacial score (nSPS) is 12.6. The Morgan fingerprint density at radius 1 is 1.56 bits per heavy atom. The molecule has 1 unspecified atom stereocenters. The fourth-order valence-corrected chi connectivity index (χ4v) is 1.74. The van der Waals surface area contributed by atoms with Crippen molar-refractivity contribution in [3.63, 3.8) is 0 Å². The van der Waals surface area contributed by atoms with Gasteiger partial charge in [-0.1, -0.05) is 6.07 Å². The molecular weight excluding hydrogens is 228 g/mol. The minimum absolute atomic E-state index is 0.0389. The van der Waals surface area contributed by atoms with Gasteiger partial charge in [0.05, 0.1) is 17.4 Å². The number of nitrogens with two attached hydrogens (primary N) is 1. The number of amides is 1. The van der Waals surface area contributed by atoms with Crippen LogP contribution in [0.2, 0.25) is 0 Å². The summed E-state index contributed by atoms with van der Waals surface area (Å²) in [7, 11) is 0. The Labute approximate surface area is 106 Å². The Balaban J connectivity index is 1.87. The summed E-state index contributed by atoms with van der Waals surface area (Å²) in [5.74, 6) is 0.0389. The molecular formula is C13H18N4O. The minimum atomic E-state index is 0.0389. The number of aromatic amines is 1. The van der Waals surface area contributed by atoms with E-state index in [-0.39, 0.29) is 11.9 Å². The molecule has 1 amide bonds. The summed E-state index contributed by atoms with van der Waals surface area (Å²) >= 11 is 0. The van der Waals surface area contributed by atoms with E-state index in [4.69, 9.17) is 5.73 Å². The molecule has 0 radical (unpaired) electrons. The maximum absolute atomic E-state index is 11.5. The van der Waals surface area contributed by atoms with Gasteiger partial charge in [0.2, 0.25) is 5.91 Å². The summed E-state index contributed by atoms with van der Waals surface area (Å²) in [5.41, 5.74) is 8.58. The molecule has 5 nitrogen and oxygen atoms in total. The summed E-state index contributed by atoms with van der Waals surface area (Å²) in [6, 6.07) is 5.97. The van der Waals surface area contributed by atoms with Gasteiger partial charge in [-0.2, -0.15) is 0 Å². The highest BCUT2D eigenvalue weighted by atomic mass is 16.1. The minimum Gasteiger partial charge on any atom is -0.352 e. The van der Waals surface area contributed by atoms with Crippen molar-refractivity contribution in [2.75, 3.05) is 0 Å². The largest absolute Gasteiger partial charge is 0.352 e. The smallest absolute Gasteiger partial charge is 0.220 e. The molecule has 0 aliphatic heterocycles. The highest BCUT2D eigenvalue weighted by molar-refractivity contribution is 5.77. The van der Waals surface area contributed by atoms with Crippen LogP contribution in [0.15, 0.2) is 24.5 Å². The summed E-state index contributed by atoms with van der Waals surface area (Å²) in [6.07, 6.45) is 2.85. The molecule has 96 valence electrons. The van der Waals surface area contributed by atoms with E-state index in [9.17, 15) is 4.79 Å². The van der Waals surface area contributed by atoms with Gasteiger partial charge in [-0.15, -0.1) is 0 Å². The Bertz CT molecular complexity index is 533. The third kappa shape index (κ3) is 3.30. The Morgan fingerprint density at radius 2 is 2.39 bits per heavy atom. The molecule has 5 heteroatoms. The van der Waals surface area contributed by atoms with Gasteiger partial charge in [-0.3, -0.25) is 4.79 Å². The number of aromatic nitrogens is 2. The molecule has 2 rings (SSSR count). The molecule has 0 bridgehead atoms. The number of H-pyrrole nitrogens is 1. The van der Waals surface area contributed by atoms with Gasteiger partial charge >= 0.3 is 0 Å². The summed E-state index contributed by atoms with van der Waals surface area (Å²) in [6.45, 7) is 2.44. The van der Waals surface area contributed by atoms with Crippen LogP contribution in [-0.4, -0.2) is 21.9 Å². The zero-order valence-electron chi connectivity index (χ0n) is 10.4. The van der Waals surface area contributed by atoms with Crippen LogP contribution in [0.3, 0.4) is 0 Å². The molecule has 0 saturated heterocycles. The lowest BCUT2D eigenvalue weighted by Crippen LogP contribution is -2.25. The number of hydrogen-bond acceptors (Lipinski definition) is 3. The zero-order valence-corrected chi connectivity index (χ0v) is 10.4. The maximum Gasteiger partial charge on any atom is 0.220 e. The second-order valence-electron chi connectivity index (χ2n) is 4.55. The molecule has 1 aromatic heterocycles. The summed E-state index contributed by atoms with van der Waals surface area (Å²) < 4.78 is 0. The molecule has 0 aliphatic rings. The van der Waals surface area contributed by atoms with E-state index in [1.54, 1.807) is 6.33 Å². The lowest BCUT2D eigenvalue weighted by molar-refractivity contribution is -0.121. The molecule has 0 aliphatic carbocycles. The lowest BCUT2D eigenvalue weighted by Gasteiger charge is -2.07. The van der Waals surface area contributed by atoms with Gasteiger partial charge in [-0.25, -0.2) is 4.98 Å². The van der Waals surface area contributed by atoms with Crippen molar-refractivity contribution in [1.29, 1.82) is 0 Å². The molecule has 1 heterocycles. The number of fused-ring (bicyclic) bond motifs is 1. The molecule has 0 fully saturated rings. The number of hydrogen-bond donors (Lipinski definition) is 3. The van der Waals surface area contributed by atoms with Gasteiger partial charge in [0.1, 0.15) is 0 Å². The first-order valence-corrected chi connectivity index (χ1v) is 6.09. The van der Waals surface area contributed by atoms with Crippen LogP contribution < -0.4 is 11.1 Å². The second-order valence-corrected chi connectivity index (χ2v) is 4.55. The van der Waals surface area contributed by atoms with E-state index < -0.39 is 0 Å². The number of rotatable bonds is 5. The third-order valence-corrected chi connectivity index (χ3v) is 2.80. The first-order chi connectivity index (χ1) is 8.65. The molecule has 1 atom stereocenters. The first kappa shape index (κ1) is 12.6. The van der Waals surface area contributed by atoms with Crippen LogP contribution in [-0.2, 0) is 11.3 Å².